The lowest BCUT2D eigenvalue weighted by Crippen LogP contribution is -2.36. The van der Waals surface area contributed by atoms with Crippen molar-refractivity contribution >= 4 is 57.4 Å². The first kappa shape index (κ1) is 21.6. The second kappa shape index (κ2) is 8.60. The number of hydrogen-bond acceptors (Lipinski definition) is 7. The Morgan fingerprint density at radius 1 is 1.09 bits per heavy atom. The molecule has 0 atom stereocenters. The van der Waals surface area contributed by atoms with Crippen LogP contribution in [0.3, 0.4) is 0 Å². The Balaban J connectivity index is 1.39. The van der Waals surface area contributed by atoms with Gasteiger partial charge in [-0.15, -0.1) is 0 Å². The summed E-state index contributed by atoms with van der Waals surface area (Å²) in [6, 6.07) is 12.6. The average Bonchev–Trinajstić information content (AvgIpc) is 3.47. The number of anilines is 1. The lowest BCUT2D eigenvalue weighted by atomic mass is 10.1. The minimum absolute atomic E-state index is 0.0198. The van der Waals surface area contributed by atoms with Crippen molar-refractivity contribution in [3.8, 4) is 11.5 Å². The standard InChI is InChI=1S/C23H18N4O6S/c24-20(28)10-27-22(30)19(34-23(27)31)7-13-9-26(16-4-2-1-3-15(13)16)11-21(29)25-14-5-6-17-18(8-14)33-12-32-17/h1-9H,10-12H2,(H2,24,28)(H,25,29)/b19-7-. The number of ether oxygens (including phenoxy) is 2. The van der Waals surface area contributed by atoms with Gasteiger partial charge in [-0.1, -0.05) is 18.2 Å². The van der Waals surface area contributed by atoms with E-state index in [1.165, 1.54) is 0 Å². The molecule has 0 aliphatic carbocycles. The van der Waals surface area contributed by atoms with E-state index in [2.05, 4.69) is 5.32 Å². The van der Waals surface area contributed by atoms with Crippen LogP contribution in [-0.2, 0) is 20.9 Å². The van der Waals surface area contributed by atoms with E-state index in [0.717, 1.165) is 27.6 Å². The molecule has 3 heterocycles. The zero-order chi connectivity index (χ0) is 23.8. The number of rotatable bonds is 6. The number of nitrogens with two attached hydrogens (primary N) is 1. The molecule has 11 heteroatoms. The molecule has 0 radical (unpaired) electrons. The molecule has 1 saturated heterocycles. The highest BCUT2D eigenvalue weighted by atomic mass is 32.2. The minimum atomic E-state index is -0.770. The zero-order valence-corrected chi connectivity index (χ0v) is 18.5. The van der Waals surface area contributed by atoms with E-state index in [9.17, 15) is 19.2 Å². The van der Waals surface area contributed by atoms with Crippen molar-refractivity contribution in [3.63, 3.8) is 0 Å². The number of primary amides is 1. The first-order valence-corrected chi connectivity index (χ1v) is 11.0. The number of aromatic nitrogens is 1. The number of amides is 4. The molecule has 2 aromatic carbocycles. The highest BCUT2D eigenvalue weighted by Gasteiger charge is 2.36. The molecule has 172 valence electrons. The fraction of sp³-hybridized carbons (Fsp3) is 0.130. The van der Waals surface area contributed by atoms with Crippen molar-refractivity contribution in [2.75, 3.05) is 18.7 Å². The number of hydrogen-bond donors (Lipinski definition) is 2. The van der Waals surface area contributed by atoms with Crippen molar-refractivity contribution in [2.24, 2.45) is 5.73 Å². The van der Waals surface area contributed by atoms with Crippen molar-refractivity contribution in [2.45, 2.75) is 6.54 Å². The molecule has 3 aromatic rings. The van der Waals surface area contributed by atoms with Gasteiger partial charge in [0.15, 0.2) is 11.5 Å². The molecule has 0 spiro atoms. The van der Waals surface area contributed by atoms with Crippen LogP contribution in [0, 0.1) is 0 Å². The third-order valence-corrected chi connectivity index (χ3v) is 6.17. The summed E-state index contributed by atoms with van der Waals surface area (Å²) in [5.41, 5.74) is 7.16. The quantitative estimate of drug-likeness (QED) is 0.520. The maximum absolute atomic E-state index is 12.7. The number of nitrogens with one attached hydrogen (secondary N) is 1. The molecular formula is C23H18N4O6S. The second-order valence-corrected chi connectivity index (χ2v) is 8.57. The third-order valence-electron chi connectivity index (χ3n) is 5.26. The largest absolute Gasteiger partial charge is 0.454 e. The number of imide groups is 1. The predicted molar refractivity (Wildman–Crippen MR) is 125 cm³/mol. The molecule has 1 aromatic heterocycles. The van der Waals surface area contributed by atoms with E-state index >= 15 is 0 Å². The summed E-state index contributed by atoms with van der Waals surface area (Å²) < 4.78 is 12.4. The first-order chi connectivity index (χ1) is 16.4. The number of thioether (sulfide) groups is 1. The van der Waals surface area contributed by atoms with E-state index in [4.69, 9.17) is 15.2 Å². The van der Waals surface area contributed by atoms with E-state index in [1.807, 2.05) is 24.3 Å². The Morgan fingerprint density at radius 3 is 2.71 bits per heavy atom. The smallest absolute Gasteiger partial charge is 0.294 e. The number of benzene rings is 2. The van der Waals surface area contributed by atoms with Crippen LogP contribution in [0.15, 0.2) is 53.6 Å². The molecule has 34 heavy (non-hydrogen) atoms. The van der Waals surface area contributed by atoms with Gasteiger partial charge in [-0.05, 0) is 36.0 Å². The van der Waals surface area contributed by atoms with E-state index < -0.39 is 23.6 Å². The molecule has 5 rings (SSSR count). The third kappa shape index (κ3) is 4.08. The van der Waals surface area contributed by atoms with Gasteiger partial charge < -0.3 is 25.1 Å². The molecule has 1 fully saturated rings. The summed E-state index contributed by atoms with van der Waals surface area (Å²) in [6.45, 7) is -0.303. The highest BCUT2D eigenvalue weighted by Crippen LogP contribution is 2.35. The van der Waals surface area contributed by atoms with Gasteiger partial charge >= 0.3 is 0 Å². The van der Waals surface area contributed by atoms with Crippen LogP contribution < -0.4 is 20.5 Å². The summed E-state index contributed by atoms with van der Waals surface area (Å²) in [6.07, 6.45) is 3.33. The van der Waals surface area contributed by atoms with Gasteiger partial charge in [0.25, 0.3) is 11.1 Å². The topological polar surface area (TPSA) is 133 Å². The second-order valence-electron chi connectivity index (χ2n) is 7.58. The van der Waals surface area contributed by atoms with Crippen LogP contribution in [0.4, 0.5) is 10.5 Å². The summed E-state index contributed by atoms with van der Waals surface area (Å²) in [5.74, 6) is -0.413. The Kier molecular flexibility index (Phi) is 5.46. The van der Waals surface area contributed by atoms with Gasteiger partial charge in [-0.3, -0.25) is 24.1 Å². The first-order valence-electron chi connectivity index (χ1n) is 10.2. The van der Waals surface area contributed by atoms with Gasteiger partial charge in [-0.25, -0.2) is 0 Å². The Bertz CT molecular complexity index is 1400. The van der Waals surface area contributed by atoms with Crippen LogP contribution in [0.5, 0.6) is 11.5 Å². The van der Waals surface area contributed by atoms with Crippen molar-refractivity contribution in [3.05, 3.63) is 59.1 Å². The zero-order valence-electron chi connectivity index (χ0n) is 17.6. The maximum atomic E-state index is 12.7. The van der Waals surface area contributed by atoms with Crippen LogP contribution in [0.2, 0.25) is 0 Å². The number of para-hydroxylation sites is 1. The van der Waals surface area contributed by atoms with E-state index in [0.29, 0.717) is 22.7 Å². The van der Waals surface area contributed by atoms with Gasteiger partial charge in [0, 0.05) is 34.4 Å². The Labute approximate surface area is 197 Å². The van der Waals surface area contributed by atoms with Gasteiger partial charge in [0.1, 0.15) is 13.1 Å². The molecule has 2 aliphatic heterocycles. The Hall–Kier alpha value is -4.25. The predicted octanol–water partition coefficient (Wildman–Crippen LogP) is 2.53. The number of carbonyl (C=O) groups excluding carboxylic acids is 4. The number of carbonyl (C=O) groups is 4. The Morgan fingerprint density at radius 2 is 1.88 bits per heavy atom. The van der Waals surface area contributed by atoms with Crippen LogP contribution in [0.25, 0.3) is 17.0 Å². The number of nitrogens with zero attached hydrogens (tertiary/aromatic N) is 2. The molecule has 0 saturated carbocycles. The molecular weight excluding hydrogens is 460 g/mol. The molecule has 3 N–H and O–H groups in total. The highest BCUT2D eigenvalue weighted by molar-refractivity contribution is 8.18. The summed E-state index contributed by atoms with van der Waals surface area (Å²) in [5, 5.41) is 3.09. The summed E-state index contributed by atoms with van der Waals surface area (Å²) in [7, 11) is 0. The maximum Gasteiger partial charge on any atom is 0.294 e. The van der Waals surface area contributed by atoms with Crippen molar-refractivity contribution < 1.29 is 28.7 Å². The van der Waals surface area contributed by atoms with Gasteiger partial charge in [0.05, 0.1) is 4.91 Å². The molecule has 4 amide bonds. The van der Waals surface area contributed by atoms with Gasteiger partial charge in [0.2, 0.25) is 18.6 Å². The summed E-state index contributed by atoms with van der Waals surface area (Å²) >= 11 is 0.742. The minimum Gasteiger partial charge on any atom is -0.454 e. The monoisotopic (exact) mass is 478 g/mol. The number of fused-ring (bicyclic) bond motifs is 2. The fourth-order valence-corrected chi connectivity index (χ4v) is 4.61. The van der Waals surface area contributed by atoms with Gasteiger partial charge in [-0.2, -0.15) is 0 Å². The molecule has 0 bridgehead atoms. The van der Waals surface area contributed by atoms with Crippen LogP contribution in [-0.4, -0.2) is 45.8 Å². The SMILES string of the molecule is NC(=O)CN1C(=O)S/C(=C\c2cn(CC(=O)Nc3ccc4c(c3)OCO4)c3ccccc23)C1=O. The summed E-state index contributed by atoms with van der Waals surface area (Å²) in [4.78, 5) is 49.6. The van der Waals surface area contributed by atoms with E-state index in [1.54, 1.807) is 35.0 Å². The lowest BCUT2D eigenvalue weighted by molar-refractivity contribution is -0.127. The molecule has 2 aliphatic rings. The lowest BCUT2D eigenvalue weighted by Gasteiger charge is -2.08. The van der Waals surface area contributed by atoms with Crippen molar-refractivity contribution in [1.82, 2.24) is 9.47 Å². The average molecular weight is 478 g/mol. The normalized spacial score (nSPS) is 16.0. The van der Waals surface area contributed by atoms with Crippen molar-refractivity contribution in [1.29, 1.82) is 0 Å². The molecule has 0 unspecified atom stereocenters. The van der Waals surface area contributed by atoms with Crippen LogP contribution >= 0.6 is 11.8 Å². The molecule has 10 nitrogen and oxygen atoms in total. The van der Waals surface area contributed by atoms with E-state index in [-0.39, 0.29) is 24.2 Å². The van der Waals surface area contributed by atoms with Crippen LogP contribution in [0.1, 0.15) is 5.56 Å². The fourth-order valence-electron chi connectivity index (χ4n) is 3.78.